The molecular weight excluding hydrogens is 375 g/mol. The van der Waals surface area contributed by atoms with Crippen LogP contribution in [0.1, 0.15) is 5.56 Å². The van der Waals surface area contributed by atoms with Gasteiger partial charge in [0.05, 0.1) is 21.3 Å². The number of benzene rings is 1. The number of methoxy groups -OCH3 is 3. The fraction of sp³-hybridized carbons (Fsp3) is 0.538. The van der Waals surface area contributed by atoms with E-state index >= 15 is 0 Å². The van der Waals surface area contributed by atoms with Crippen LogP contribution >= 0.6 is 0 Å². The zero-order valence-corrected chi connectivity index (χ0v) is 12.8. The zero-order valence-electron chi connectivity index (χ0n) is 12.8. The molecule has 3 nitrogen and oxygen atoms in total. The highest BCUT2D eigenvalue weighted by Gasteiger charge is 2.82. The zero-order chi connectivity index (χ0) is 19.8. The molecule has 0 fully saturated rings. The molecule has 1 aromatic rings. The van der Waals surface area contributed by atoms with E-state index in [1.54, 1.807) is 0 Å². The van der Waals surface area contributed by atoms with E-state index in [9.17, 15) is 39.5 Å². The van der Waals surface area contributed by atoms with E-state index in [4.69, 9.17) is 0 Å². The lowest BCUT2D eigenvalue weighted by Gasteiger charge is -2.34. The fourth-order valence-electron chi connectivity index (χ4n) is 1.85. The van der Waals surface area contributed by atoms with Crippen LogP contribution in [-0.2, 0) is 5.92 Å². The lowest BCUT2D eigenvalue weighted by atomic mass is 9.95. The quantitative estimate of drug-likeness (QED) is 0.667. The topological polar surface area (TPSA) is 27.7 Å². The second-order valence-electron chi connectivity index (χ2n) is 4.63. The molecule has 0 saturated carbocycles. The molecule has 0 atom stereocenters. The van der Waals surface area contributed by atoms with Crippen molar-refractivity contribution in [1.82, 2.24) is 0 Å². The molecule has 12 heteroatoms. The molecule has 0 aromatic heterocycles. The number of hydrogen-bond donors (Lipinski definition) is 0. The van der Waals surface area contributed by atoms with Crippen LogP contribution in [0.4, 0.5) is 39.5 Å². The Morgan fingerprint density at radius 3 is 1.32 bits per heavy atom. The summed E-state index contributed by atoms with van der Waals surface area (Å²) in [4.78, 5) is 0. The van der Waals surface area contributed by atoms with E-state index in [2.05, 4.69) is 14.2 Å². The predicted molar refractivity (Wildman–Crippen MR) is 65.9 cm³/mol. The first-order chi connectivity index (χ1) is 11.2. The van der Waals surface area contributed by atoms with Gasteiger partial charge in [-0.15, -0.1) is 0 Å². The Labute approximate surface area is 135 Å². The van der Waals surface area contributed by atoms with Crippen LogP contribution in [0.5, 0.6) is 17.2 Å². The summed E-state index contributed by atoms with van der Waals surface area (Å²) in [6, 6.07) is 1.21. The van der Waals surface area contributed by atoms with Crippen molar-refractivity contribution in [2.75, 3.05) is 21.3 Å². The van der Waals surface area contributed by atoms with Gasteiger partial charge >= 0.3 is 23.9 Å². The van der Waals surface area contributed by atoms with E-state index in [1.165, 1.54) is 0 Å². The van der Waals surface area contributed by atoms with Crippen molar-refractivity contribution >= 4 is 0 Å². The Morgan fingerprint density at radius 2 is 1.04 bits per heavy atom. The van der Waals surface area contributed by atoms with Crippen LogP contribution in [0.2, 0.25) is 0 Å². The number of hydrogen-bond acceptors (Lipinski definition) is 3. The molecule has 0 aliphatic heterocycles. The summed E-state index contributed by atoms with van der Waals surface area (Å²) in [5.74, 6) is -22.4. The molecule has 0 heterocycles. The van der Waals surface area contributed by atoms with E-state index in [0.29, 0.717) is 26.4 Å². The third-order valence-corrected chi connectivity index (χ3v) is 3.17. The Kier molecular flexibility index (Phi) is 5.36. The normalized spacial score (nSPS) is 13.6. The molecule has 1 rings (SSSR count). The molecule has 0 aliphatic carbocycles. The Balaban J connectivity index is 3.73. The van der Waals surface area contributed by atoms with Gasteiger partial charge < -0.3 is 14.2 Å². The molecule has 0 aliphatic rings. The summed E-state index contributed by atoms with van der Waals surface area (Å²) in [7, 11) is 2.49. The molecule has 0 amide bonds. The molecule has 144 valence electrons. The van der Waals surface area contributed by atoms with Crippen molar-refractivity contribution < 1.29 is 53.7 Å². The lowest BCUT2D eigenvalue weighted by Crippen LogP contribution is -2.59. The van der Waals surface area contributed by atoms with Gasteiger partial charge in [0.15, 0.2) is 0 Å². The molecule has 0 bridgehead atoms. The van der Waals surface area contributed by atoms with Gasteiger partial charge in [-0.2, -0.15) is 39.5 Å². The largest absolute Gasteiger partial charge is 0.496 e. The van der Waals surface area contributed by atoms with Gasteiger partial charge in [-0.05, 0) is 0 Å². The van der Waals surface area contributed by atoms with Crippen molar-refractivity contribution in [3.05, 3.63) is 17.7 Å². The maximum Gasteiger partial charge on any atom is 0.460 e. The van der Waals surface area contributed by atoms with Gasteiger partial charge in [0.1, 0.15) is 22.8 Å². The predicted octanol–water partition coefficient (Wildman–Crippen LogP) is 4.64. The molecule has 25 heavy (non-hydrogen) atoms. The molecule has 0 unspecified atom stereocenters. The molecular formula is C13H11F9O3. The Bertz CT molecular complexity index is 601. The summed E-state index contributed by atoms with van der Waals surface area (Å²) >= 11 is 0. The average Bonchev–Trinajstić information content (AvgIpc) is 2.51. The summed E-state index contributed by atoms with van der Waals surface area (Å²) in [6.07, 6.45) is -6.92. The first kappa shape index (κ1) is 21.0. The van der Waals surface area contributed by atoms with E-state index in [1.807, 2.05) is 0 Å². The standard InChI is InChI=1S/C13H11F9O3/c1-23-6-4-7(24-2)9(8(5-6)25-3)10(14,15)11(16,17)12(18,19)13(20,21)22/h4-5H,1-3H3. The van der Waals surface area contributed by atoms with Crippen LogP contribution in [0.15, 0.2) is 12.1 Å². The van der Waals surface area contributed by atoms with Gasteiger partial charge in [0, 0.05) is 12.1 Å². The molecule has 0 spiro atoms. The fourth-order valence-corrected chi connectivity index (χ4v) is 1.85. The second-order valence-corrected chi connectivity index (χ2v) is 4.63. The minimum absolute atomic E-state index is 0.251. The second kappa shape index (κ2) is 6.37. The summed E-state index contributed by atoms with van der Waals surface area (Å²) in [5.41, 5.74) is -1.98. The van der Waals surface area contributed by atoms with Gasteiger partial charge in [-0.25, -0.2) is 0 Å². The van der Waals surface area contributed by atoms with Crippen LogP contribution < -0.4 is 14.2 Å². The minimum Gasteiger partial charge on any atom is -0.496 e. The first-order valence-electron chi connectivity index (χ1n) is 6.19. The van der Waals surface area contributed by atoms with Crippen molar-refractivity contribution in [3.63, 3.8) is 0 Å². The van der Waals surface area contributed by atoms with Crippen LogP contribution in [0, 0.1) is 0 Å². The highest BCUT2D eigenvalue weighted by atomic mass is 19.4. The van der Waals surface area contributed by atoms with Gasteiger partial charge in [0.2, 0.25) is 0 Å². The number of alkyl halides is 9. The maximum atomic E-state index is 14.2. The third kappa shape index (κ3) is 3.13. The van der Waals surface area contributed by atoms with Crippen molar-refractivity contribution in [1.29, 1.82) is 0 Å². The highest BCUT2D eigenvalue weighted by molar-refractivity contribution is 5.54. The van der Waals surface area contributed by atoms with Gasteiger partial charge in [0.25, 0.3) is 0 Å². The number of rotatable bonds is 6. The third-order valence-electron chi connectivity index (χ3n) is 3.17. The summed E-state index contributed by atoms with van der Waals surface area (Å²) in [5, 5.41) is 0. The molecule has 0 N–H and O–H groups in total. The number of halogens is 9. The molecule has 0 radical (unpaired) electrons. The van der Waals surface area contributed by atoms with Gasteiger partial charge in [-0.1, -0.05) is 0 Å². The Hall–Kier alpha value is -2.01. The average molecular weight is 386 g/mol. The molecule has 1 aromatic carbocycles. The van der Waals surface area contributed by atoms with E-state index in [-0.39, 0.29) is 5.75 Å². The van der Waals surface area contributed by atoms with Crippen molar-refractivity contribution in [3.8, 4) is 17.2 Å². The highest BCUT2D eigenvalue weighted by Crippen LogP contribution is 2.59. The Morgan fingerprint density at radius 1 is 0.640 bits per heavy atom. The van der Waals surface area contributed by atoms with Gasteiger partial charge in [-0.3, -0.25) is 0 Å². The molecule has 0 saturated heterocycles. The van der Waals surface area contributed by atoms with E-state index in [0.717, 1.165) is 7.11 Å². The van der Waals surface area contributed by atoms with Crippen LogP contribution in [-0.4, -0.2) is 39.4 Å². The minimum atomic E-state index is -7.03. The summed E-state index contributed by atoms with van der Waals surface area (Å²) in [6.45, 7) is 0. The first-order valence-corrected chi connectivity index (χ1v) is 6.19. The smallest absolute Gasteiger partial charge is 0.460 e. The van der Waals surface area contributed by atoms with Crippen LogP contribution in [0.3, 0.4) is 0 Å². The van der Waals surface area contributed by atoms with Crippen molar-refractivity contribution in [2.45, 2.75) is 23.9 Å². The van der Waals surface area contributed by atoms with E-state index < -0.39 is 41.0 Å². The van der Waals surface area contributed by atoms with Crippen LogP contribution in [0.25, 0.3) is 0 Å². The number of ether oxygens (including phenoxy) is 3. The SMILES string of the molecule is COc1cc(OC)c(C(F)(F)C(F)(F)C(F)(F)C(F)(F)F)c(OC)c1. The maximum absolute atomic E-state index is 14.2. The summed E-state index contributed by atoms with van der Waals surface area (Å²) < 4.78 is 132. The lowest BCUT2D eigenvalue weighted by molar-refractivity contribution is -0.399. The monoisotopic (exact) mass is 386 g/mol. The van der Waals surface area contributed by atoms with Crippen molar-refractivity contribution in [2.24, 2.45) is 0 Å².